The second-order valence-corrected chi connectivity index (χ2v) is 6.39. The van der Waals surface area contributed by atoms with E-state index in [1.807, 2.05) is 73.7 Å². The number of ether oxygens (including phenoxy) is 1. The first-order valence-electron chi connectivity index (χ1n) is 8.72. The molecule has 3 rings (SSSR count). The van der Waals surface area contributed by atoms with Gasteiger partial charge in [0.15, 0.2) is 0 Å². The van der Waals surface area contributed by atoms with Crippen LogP contribution < -0.4 is 5.32 Å². The lowest BCUT2D eigenvalue weighted by Crippen LogP contribution is -2.42. The minimum absolute atomic E-state index is 0.0898. The highest BCUT2D eigenvalue weighted by atomic mass is 16.5. The van der Waals surface area contributed by atoms with Crippen molar-refractivity contribution in [2.45, 2.75) is 26.0 Å². The Morgan fingerprint density at radius 2 is 1.63 bits per heavy atom. The fourth-order valence-electron chi connectivity index (χ4n) is 3.02. The molecular weight excluding hydrogens is 342 g/mol. The molecule has 2 N–H and O–H groups in total. The first-order valence-corrected chi connectivity index (χ1v) is 8.72. The molecule has 0 bridgehead atoms. The van der Waals surface area contributed by atoms with Gasteiger partial charge in [0.25, 0.3) is 0 Å². The number of amides is 1. The molecular formula is C22H21NO4. The summed E-state index contributed by atoms with van der Waals surface area (Å²) >= 11 is 0. The number of carboxylic acid groups (broad SMARTS) is 1. The third kappa shape index (κ3) is 4.64. The Labute approximate surface area is 157 Å². The molecule has 3 aromatic rings. The van der Waals surface area contributed by atoms with Crippen molar-refractivity contribution in [2.75, 3.05) is 0 Å². The van der Waals surface area contributed by atoms with Crippen molar-refractivity contribution in [3.05, 3.63) is 83.4 Å². The van der Waals surface area contributed by atoms with Crippen LogP contribution in [0.4, 0.5) is 4.79 Å². The Morgan fingerprint density at radius 1 is 0.963 bits per heavy atom. The Morgan fingerprint density at radius 3 is 2.33 bits per heavy atom. The molecule has 3 aromatic carbocycles. The quantitative estimate of drug-likeness (QED) is 0.692. The van der Waals surface area contributed by atoms with E-state index in [1.54, 1.807) is 0 Å². The summed E-state index contributed by atoms with van der Waals surface area (Å²) in [6.07, 6.45) is -0.570. The zero-order valence-electron chi connectivity index (χ0n) is 15.0. The van der Waals surface area contributed by atoms with Gasteiger partial charge in [-0.05, 0) is 34.4 Å². The van der Waals surface area contributed by atoms with Crippen molar-refractivity contribution in [1.29, 1.82) is 0 Å². The van der Waals surface area contributed by atoms with Crippen LogP contribution in [0.2, 0.25) is 0 Å². The predicted molar refractivity (Wildman–Crippen MR) is 104 cm³/mol. The van der Waals surface area contributed by atoms with Gasteiger partial charge < -0.3 is 15.2 Å². The van der Waals surface area contributed by atoms with Crippen molar-refractivity contribution in [2.24, 2.45) is 0 Å². The number of rotatable bonds is 6. The lowest BCUT2D eigenvalue weighted by molar-refractivity contribution is -0.139. The third-order valence-corrected chi connectivity index (χ3v) is 4.46. The van der Waals surface area contributed by atoms with E-state index in [1.165, 1.54) is 0 Å². The summed E-state index contributed by atoms with van der Waals surface area (Å²) in [5, 5.41) is 14.0. The van der Waals surface area contributed by atoms with Crippen molar-refractivity contribution in [3.8, 4) is 0 Å². The average molecular weight is 363 g/mol. The number of hydrogen-bond acceptors (Lipinski definition) is 3. The fraction of sp³-hybridized carbons (Fsp3) is 0.182. The predicted octanol–water partition coefficient (Wildman–Crippen LogP) is 4.07. The summed E-state index contributed by atoms with van der Waals surface area (Å²) in [6, 6.07) is 19.9. The molecule has 27 heavy (non-hydrogen) atoms. The molecule has 0 heterocycles. The molecule has 0 saturated heterocycles. The number of carboxylic acids is 1. The molecule has 138 valence electrons. The summed E-state index contributed by atoms with van der Waals surface area (Å²) in [7, 11) is 0. The molecule has 0 spiro atoms. The van der Waals surface area contributed by atoms with E-state index >= 15 is 0 Å². The van der Waals surface area contributed by atoms with E-state index < -0.39 is 18.1 Å². The number of fused-ring (bicyclic) bond motifs is 1. The maximum absolute atomic E-state index is 12.0. The Kier molecular flexibility index (Phi) is 5.71. The molecule has 0 aliphatic rings. The second-order valence-electron chi connectivity index (χ2n) is 6.39. The Bertz CT molecular complexity index is 953. The summed E-state index contributed by atoms with van der Waals surface area (Å²) in [4.78, 5) is 23.7. The van der Waals surface area contributed by atoms with Gasteiger partial charge >= 0.3 is 12.1 Å². The van der Waals surface area contributed by atoms with Gasteiger partial charge in [-0.3, -0.25) is 0 Å². The van der Waals surface area contributed by atoms with Crippen molar-refractivity contribution >= 4 is 22.8 Å². The summed E-state index contributed by atoms with van der Waals surface area (Å²) in [5.41, 5.74) is 2.83. The maximum atomic E-state index is 12.0. The van der Waals surface area contributed by atoms with Gasteiger partial charge in [0.05, 0.1) is 0 Å². The number of benzene rings is 3. The Hall–Kier alpha value is -3.34. The number of aryl methyl sites for hydroxylation is 1. The van der Waals surface area contributed by atoms with Crippen LogP contribution in [0.1, 0.15) is 16.7 Å². The van der Waals surface area contributed by atoms with Crippen LogP contribution in [-0.4, -0.2) is 23.2 Å². The molecule has 5 heteroatoms. The van der Waals surface area contributed by atoms with Gasteiger partial charge in [0, 0.05) is 6.42 Å². The highest BCUT2D eigenvalue weighted by Gasteiger charge is 2.22. The maximum Gasteiger partial charge on any atom is 0.408 e. The Balaban J connectivity index is 1.70. The van der Waals surface area contributed by atoms with Crippen LogP contribution in [-0.2, 0) is 22.6 Å². The second kappa shape index (κ2) is 8.36. The molecule has 0 aliphatic carbocycles. The van der Waals surface area contributed by atoms with Gasteiger partial charge in [-0.2, -0.15) is 0 Å². The van der Waals surface area contributed by atoms with E-state index in [2.05, 4.69) is 5.32 Å². The van der Waals surface area contributed by atoms with Crippen LogP contribution in [0.15, 0.2) is 66.7 Å². The fourth-order valence-corrected chi connectivity index (χ4v) is 3.02. The first-order chi connectivity index (χ1) is 13.0. The minimum atomic E-state index is -1.10. The van der Waals surface area contributed by atoms with Crippen molar-refractivity contribution < 1.29 is 19.4 Å². The molecule has 1 atom stereocenters. The van der Waals surface area contributed by atoms with E-state index in [0.717, 1.165) is 27.5 Å². The van der Waals surface area contributed by atoms with Crippen LogP contribution in [0.5, 0.6) is 0 Å². The van der Waals surface area contributed by atoms with Gasteiger partial charge in [-0.1, -0.05) is 66.7 Å². The molecule has 0 aromatic heterocycles. The number of nitrogens with one attached hydrogen (secondary N) is 1. The zero-order chi connectivity index (χ0) is 19.2. The number of alkyl carbamates (subject to hydrolysis) is 1. The minimum Gasteiger partial charge on any atom is -0.480 e. The molecule has 1 amide bonds. The highest BCUT2D eigenvalue weighted by Crippen LogP contribution is 2.23. The normalized spacial score (nSPS) is 11.7. The smallest absolute Gasteiger partial charge is 0.408 e. The van der Waals surface area contributed by atoms with E-state index in [4.69, 9.17) is 4.74 Å². The largest absolute Gasteiger partial charge is 0.480 e. The van der Waals surface area contributed by atoms with Gasteiger partial charge in [-0.25, -0.2) is 9.59 Å². The van der Waals surface area contributed by atoms with Crippen LogP contribution in [0.25, 0.3) is 10.8 Å². The SMILES string of the molecule is Cc1ccc(C[C@H](NC(=O)OCc2ccccc2)C(=O)O)c2ccccc12. The molecule has 0 fully saturated rings. The summed E-state index contributed by atoms with van der Waals surface area (Å²) in [6.45, 7) is 2.10. The summed E-state index contributed by atoms with van der Waals surface area (Å²) < 4.78 is 5.14. The third-order valence-electron chi connectivity index (χ3n) is 4.46. The number of aliphatic carboxylic acids is 1. The van der Waals surface area contributed by atoms with E-state index in [0.29, 0.717) is 0 Å². The van der Waals surface area contributed by atoms with Gasteiger partial charge in [-0.15, -0.1) is 0 Å². The molecule has 0 aliphatic heterocycles. The number of carbonyl (C=O) groups is 2. The van der Waals surface area contributed by atoms with Gasteiger partial charge in [0.1, 0.15) is 12.6 Å². The molecule has 0 unspecified atom stereocenters. The van der Waals surface area contributed by atoms with Crippen LogP contribution >= 0.6 is 0 Å². The van der Waals surface area contributed by atoms with E-state index in [-0.39, 0.29) is 13.0 Å². The van der Waals surface area contributed by atoms with Crippen molar-refractivity contribution in [1.82, 2.24) is 5.32 Å². The van der Waals surface area contributed by atoms with Crippen LogP contribution in [0.3, 0.4) is 0 Å². The number of carbonyl (C=O) groups excluding carboxylic acids is 1. The van der Waals surface area contributed by atoms with Crippen LogP contribution in [0, 0.1) is 6.92 Å². The number of hydrogen-bond donors (Lipinski definition) is 2. The molecule has 5 nitrogen and oxygen atoms in total. The highest BCUT2D eigenvalue weighted by molar-refractivity contribution is 5.89. The van der Waals surface area contributed by atoms with Gasteiger partial charge in [0.2, 0.25) is 0 Å². The lowest BCUT2D eigenvalue weighted by Gasteiger charge is -2.16. The topological polar surface area (TPSA) is 75.6 Å². The zero-order valence-corrected chi connectivity index (χ0v) is 15.0. The monoisotopic (exact) mass is 363 g/mol. The van der Waals surface area contributed by atoms with Crippen molar-refractivity contribution in [3.63, 3.8) is 0 Å². The first kappa shape index (κ1) is 18.5. The average Bonchev–Trinajstić information content (AvgIpc) is 2.69. The molecule has 0 radical (unpaired) electrons. The van der Waals surface area contributed by atoms with E-state index in [9.17, 15) is 14.7 Å². The standard InChI is InChI=1S/C22H21NO4/c1-15-11-12-17(19-10-6-5-9-18(15)19)13-20(21(24)25)23-22(26)27-14-16-7-3-2-4-8-16/h2-12,20H,13-14H2,1H3,(H,23,26)(H,24,25)/t20-/m0/s1. The molecule has 0 saturated carbocycles. The lowest BCUT2D eigenvalue weighted by atomic mass is 9.96. The summed E-state index contributed by atoms with van der Waals surface area (Å²) in [5.74, 6) is -1.10.